The van der Waals surface area contributed by atoms with E-state index in [9.17, 15) is 26.4 Å². The Balaban J connectivity index is 2.22. The van der Waals surface area contributed by atoms with Gasteiger partial charge in [-0.25, -0.2) is 8.42 Å². The van der Waals surface area contributed by atoms with Crippen LogP contribution in [0.15, 0.2) is 42.5 Å². The standard InChI is InChI=1S/C20H23F3N2O5S/c1-13(17-11-16(29-2)9-10-18(17)30-3)24-19(26)12-25(31(4,27)28)15-7-5-14(6-8-15)20(21,22)23/h5-11,13H,12H2,1-4H3,(H,24,26). The van der Waals surface area contributed by atoms with Crippen LogP contribution in [0, 0.1) is 0 Å². The van der Waals surface area contributed by atoms with Crippen LogP contribution in [0.5, 0.6) is 11.5 Å². The lowest BCUT2D eigenvalue weighted by atomic mass is 10.1. The molecule has 2 rings (SSSR count). The van der Waals surface area contributed by atoms with Crippen molar-refractivity contribution in [2.75, 3.05) is 31.3 Å². The zero-order valence-electron chi connectivity index (χ0n) is 17.4. The van der Waals surface area contributed by atoms with Gasteiger partial charge >= 0.3 is 6.18 Å². The minimum Gasteiger partial charge on any atom is -0.497 e. The van der Waals surface area contributed by atoms with Crippen LogP contribution >= 0.6 is 0 Å². The SMILES string of the molecule is COc1ccc(OC)c(C(C)NC(=O)CN(c2ccc(C(F)(F)F)cc2)S(C)(=O)=O)c1. The maximum absolute atomic E-state index is 12.8. The van der Waals surface area contributed by atoms with Gasteiger partial charge in [0, 0.05) is 5.56 Å². The second-order valence-electron chi connectivity index (χ2n) is 6.71. The van der Waals surface area contributed by atoms with Gasteiger partial charge in [0.25, 0.3) is 0 Å². The molecular weight excluding hydrogens is 437 g/mol. The van der Waals surface area contributed by atoms with Crippen LogP contribution in [0.1, 0.15) is 24.1 Å². The molecule has 1 N–H and O–H groups in total. The molecule has 11 heteroatoms. The minimum absolute atomic E-state index is 0.0581. The number of sulfonamides is 1. The highest BCUT2D eigenvalue weighted by Crippen LogP contribution is 2.31. The van der Waals surface area contributed by atoms with Crippen molar-refractivity contribution in [1.82, 2.24) is 5.32 Å². The largest absolute Gasteiger partial charge is 0.497 e. The molecule has 1 unspecified atom stereocenters. The lowest BCUT2D eigenvalue weighted by Gasteiger charge is -2.24. The smallest absolute Gasteiger partial charge is 0.416 e. The minimum atomic E-state index is -4.56. The highest BCUT2D eigenvalue weighted by molar-refractivity contribution is 7.92. The van der Waals surface area contributed by atoms with Gasteiger partial charge in [-0.15, -0.1) is 0 Å². The first kappa shape index (κ1) is 24.3. The topological polar surface area (TPSA) is 84.9 Å². The van der Waals surface area contributed by atoms with Gasteiger partial charge < -0.3 is 14.8 Å². The van der Waals surface area contributed by atoms with Crippen molar-refractivity contribution in [3.8, 4) is 11.5 Å². The zero-order chi connectivity index (χ0) is 23.4. The Morgan fingerprint density at radius 3 is 2.19 bits per heavy atom. The summed E-state index contributed by atoms with van der Waals surface area (Å²) >= 11 is 0. The molecule has 0 aliphatic heterocycles. The van der Waals surface area contributed by atoms with E-state index < -0.39 is 40.3 Å². The zero-order valence-corrected chi connectivity index (χ0v) is 18.2. The molecule has 0 radical (unpaired) electrons. The fourth-order valence-electron chi connectivity index (χ4n) is 2.89. The Kier molecular flexibility index (Phi) is 7.42. The molecule has 0 heterocycles. The second-order valence-corrected chi connectivity index (χ2v) is 8.62. The van der Waals surface area contributed by atoms with Crippen LogP contribution < -0.4 is 19.1 Å². The van der Waals surface area contributed by atoms with Gasteiger partial charge in [-0.3, -0.25) is 9.10 Å². The summed E-state index contributed by atoms with van der Waals surface area (Å²) in [6, 6.07) is 8.00. The van der Waals surface area contributed by atoms with Gasteiger partial charge in [0.15, 0.2) is 0 Å². The van der Waals surface area contributed by atoms with Crippen LogP contribution in [0.4, 0.5) is 18.9 Å². The number of anilines is 1. The Bertz CT molecular complexity index is 1020. The lowest BCUT2D eigenvalue weighted by Crippen LogP contribution is -2.41. The number of alkyl halides is 3. The summed E-state index contributed by atoms with van der Waals surface area (Å²) in [5.74, 6) is 0.387. The molecule has 2 aromatic rings. The van der Waals surface area contributed by atoms with Crippen molar-refractivity contribution in [1.29, 1.82) is 0 Å². The summed E-state index contributed by atoms with van der Waals surface area (Å²) < 4.78 is 73.9. The van der Waals surface area contributed by atoms with E-state index >= 15 is 0 Å². The van der Waals surface area contributed by atoms with E-state index in [-0.39, 0.29) is 5.69 Å². The van der Waals surface area contributed by atoms with E-state index in [4.69, 9.17) is 9.47 Å². The Labute approximate surface area is 178 Å². The van der Waals surface area contributed by atoms with Crippen LogP contribution in [-0.2, 0) is 21.0 Å². The molecular formula is C20H23F3N2O5S. The van der Waals surface area contributed by atoms with Crippen LogP contribution in [0.3, 0.4) is 0 Å². The second kappa shape index (κ2) is 9.46. The number of ether oxygens (including phenoxy) is 2. The average molecular weight is 460 g/mol. The summed E-state index contributed by atoms with van der Waals surface area (Å²) in [6.07, 6.45) is -3.69. The van der Waals surface area contributed by atoms with Crippen molar-refractivity contribution in [2.45, 2.75) is 19.1 Å². The Hall–Kier alpha value is -2.95. The van der Waals surface area contributed by atoms with Gasteiger partial charge in [-0.05, 0) is 49.4 Å². The molecule has 0 bridgehead atoms. The van der Waals surface area contributed by atoms with Crippen molar-refractivity contribution >= 4 is 21.6 Å². The molecule has 1 atom stereocenters. The molecule has 2 aromatic carbocycles. The van der Waals surface area contributed by atoms with Crippen LogP contribution in [0.25, 0.3) is 0 Å². The summed E-state index contributed by atoms with van der Waals surface area (Å²) in [7, 11) is -0.982. The number of rotatable bonds is 8. The predicted molar refractivity (Wildman–Crippen MR) is 110 cm³/mol. The summed E-state index contributed by atoms with van der Waals surface area (Å²) in [5.41, 5.74) is -0.374. The van der Waals surface area contributed by atoms with Crippen LogP contribution in [-0.4, -0.2) is 41.3 Å². The van der Waals surface area contributed by atoms with E-state index in [1.54, 1.807) is 25.1 Å². The third kappa shape index (κ3) is 6.27. The molecule has 0 aromatic heterocycles. The summed E-state index contributed by atoms with van der Waals surface area (Å²) in [5, 5.41) is 2.67. The van der Waals surface area contributed by atoms with E-state index in [1.165, 1.54) is 14.2 Å². The number of methoxy groups -OCH3 is 2. The maximum Gasteiger partial charge on any atom is 0.416 e. The number of hydrogen-bond donors (Lipinski definition) is 1. The monoisotopic (exact) mass is 460 g/mol. The number of nitrogens with one attached hydrogen (secondary N) is 1. The third-order valence-electron chi connectivity index (χ3n) is 4.45. The molecule has 0 fully saturated rings. The van der Waals surface area contributed by atoms with E-state index in [0.29, 0.717) is 17.1 Å². The van der Waals surface area contributed by atoms with Crippen LogP contribution in [0.2, 0.25) is 0 Å². The van der Waals surface area contributed by atoms with E-state index in [1.807, 2.05) is 0 Å². The number of carbonyl (C=O) groups is 1. The van der Waals surface area contributed by atoms with Crippen molar-refractivity contribution < 1.29 is 35.9 Å². The molecule has 0 saturated carbocycles. The van der Waals surface area contributed by atoms with E-state index in [0.717, 1.165) is 34.8 Å². The van der Waals surface area contributed by atoms with Gasteiger partial charge in [0.2, 0.25) is 15.9 Å². The molecule has 1 amide bonds. The molecule has 0 aliphatic rings. The molecule has 7 nitrogen and oxygen atoms in total. The van der Waals surface area contributed by atoms with Gasteiger partial charge in [0.1, 0.15) is 18.0 Å². The number of benzene rings is 2. The van der Waals surface area contributed by atoms with Gasteiger partial charge in [-0.1, -0.05) is 0 Å². The van der Waals surface area contributed by atoms with E-state index in [2.05, 4.69) is 5.32 Å². The molecule has 31 heavy (non-hydrogen) atoms. The van der Waals surface area contributed by atoms with Gasteiger partial charge in [-0.2, -0.15) is 13.2 Å². The fraction of sp³-hybridized carbons (Fsp3) is 0.350. The van der Waals surface area contributed by atoms with Crippen molar-refractivity contribution in [2.24, 2.45) is 0 Å². The quantitative estimate of drug-likeness (QED) is 0.653. The number of carbonyl (C=O) groups excluding carboxylic acids is 1. The van der Waals surface area contributed by atoms with Gasteiger partial charge in [0.05, 0.1) is 37.8 Å². The van der Waals surface area contributed by atoms with Crippen molar-refractivity contribution in [3.05, 3.63) is 53.6 Å². The number of nitrogens with zero attached hydrogens (tertiary/aromatic N) is 1. The third-order valence-corrected chi connectivity index (χ3v) is 5.59. The Morgan fingerprint density at radius 2 is 1.71 bits per heavy atom. The normalized spacial score (nSPS) is 12.7. The number of amides is 1. The maximum atomic E-state index is 12.8. The van der Waals surface area contributed by atoms with Crippen molar-refractivity contribution in [3.63, 3.8) is 0 Å². The Morgan fingerprint density at radius 1 is 1.10 bits per heavy atom. The summed E-state index contributed by atoms with van der Waals surface area (Å²) in [4.78, 5) is 12.6. The summed E-state index contributed by atoms with van der Waals surface area (Å²) in [6.45, 7) is 1.07. The lowest BCUT2D eigenvalue weighted by molar-refractivity contribution is -0.137. The number of hydrogen-bond acceptors (Lipinski definition) is 5. The fourth-order valence-corrected chi connectivity index (χ4v) is 3.75. The molecule has 0 aliphatic carbocycles. The molecule has 0 spiro atoms. The molecule has 0 saturated heterocycles. The molecule has 170 valence electrons. The first-order valence-electron chi connectivity index (χ1n) is 9.03. The highest BCUT2D eigenvalue weighted by Gasteiger charge is 2.31. The first-order chi connectivity index (χ1) is 14.4. The highest BCUT2D eigenvalue weighted by atomic mass is 32.2. The number of halogens is 3. The average Bonchev–Trinajstić information content (AvgIpc) is 2.70. The first-order valence-corrected chi connectivity index (χ1v) is 10.9. The predicted octanol–water partition coefficient (Wildman–Crippen LogP) is 3.37.